The molecule has 0 heterocycles. The van der Waals surface area contributed by atoms with E-state index in [1.54, 1.807) is 0 Å². The maximum absolute atomic E-state index is 13.5. The summed E-state index contributed by atoms with van der Waals surface area (Å²) in [6.45, 7) is 8.81. The van der Waals surface area contributed by atoms with Crippen molar-refractivity contribution in [3.8, 4) is 0 Å². The van der Waals surface area contributed by atoms with Gasteiger partial charge in [0.2, 0.25) is 0 Å². The molecule has 0 unspecified atom stereocenters. The SMILES string of the molecule is CC1(C)C(=O)/C(=C/c2ccccc2)C[C@]2(C)[C@@H]1CC[C@]13C=C[C@](C)(C1)C(=O)C[C@H]32. The molecular weight excluding hydrogens is 356 g/mol. The zero-order valence-electron chi connectivity index (χ0n) is 18.1. The molecule has 3 fully saturated rings. The third kappa shape index (κ3) is 2.47. The number of benzene rings is 1. The average molecular weight is 389 g/mol. The van der Waals surface area contributed by atoms with E-state index in [0.29, 0.717) is 29.8 Å². The van der Waals surface area contributed by atoms with E-state index in [2.05, 4.69) is 58.1 Å². The van der Waals surface area contributed by atoms with E-state index >= 15 is 0 Å². The Labute approximate surface area is 174 Å². The molecule has 1 spiro atoms. The third-order valence-corrected chi connectivity index (χ3v) is 9.15. The fourth-order valence-corrected chi connectivity index (χ4v) is 7.79. The second kappa shape index (κ2) is 5.80. The van der Waals surface area contributed by atoms with E-state index < -0.39 is 0 Å². The van der Waals surface area contributed by atoms with Gasteiger partial charge in [-0.3, -0.25) is 9.59 Å². The molecule has 2 bridgehead atoms. The lowest BCUT2D eigenvalue weighted by atomic mass is 9.39. The maximum atomic E-state index is 13.5. The van der Waals surface area contributed by atoms with E-state index in [4.69, 9.17) is 0 Å². The maximum Gasteiger partial charge on any atom is 0.164 e. The Hall–Kier alpha value is -1.96. The predicted octanol–water partition coefficient (Wildman–Crippen LogP) is 6.03. The molecule has 0 N–H and O–H groups in total. The van der Waals surface area contributed by atoms with Gasteiger partial charge in [0.05, 0.1) is 0 Å². The van der Waals surface area contributed by atoms with Crippen LogP contribution >= 0.6 is 0 Å². The van der Waals surface area contributed by atoms with Crippen LogP contribution in [-0.4, -0.2) is 11.6 Å². The van der Waals surface area contributed by atoms with Crippen LogP contribution in [0.15, 0.2) is 48.1 Å². The summed E-state index contributed by atoms with van der Waals surface area (Å²) >= 11 is 0. The Kier molecular flexibility index (Phi) is 3.81. The van der Waals surface area contributed by atoms with Gasteiger partial charge in [-0.05, 0) is 72.5 Å². The zero-order valence-corrected chi connectivity index (χ0v) is 18.1. The van der Waals surface area contributed by atoms with Crippen LogP contribution in [0.2, 0.25) is 0 Å². The Morgan fingerprint density at radius 1 is 0.966 bits per heavy atom. The number of fused-ring (bicyclic) bond motifs is 3. The average Bonchev–Trinajstić information content (AvgIpc) is 2.97. The number of allylic oxidation sites excluding steroid dienone is 3. The summed E-state index contributed by atoms with van der Waals surface area (Å²) in [5.74, 6) is 1.36. The van der Waals surface area contributed by atoms with Gasteiger partial charge >= 0.3 is 0 Å². The third-order valence-electron chi connectivity index (χ3n) is 9.15. The molecule has 0 aromatic heterocycles. The van der Waals surface area contributed by atoms with Crippen molar-refractivity contribution in [1.29, 1.82) is 0 Å². The molecule has 3 saturated carbocycles. The minimum atomic E-state index is -0.388. The van der Waals surface area contributed by atoms with Crippen molar-refractivity contribution in [2.24, 2.45) is 33.5 Å². The molecule has 1 aromatic carbocycles. The smallest absolute Gasteiger partial charge is 0.164 e. The number of hydrogen-bond acceptors (Lipinski definition) is 2. The van der Waals surface area contributed by atoms with Crippen molar-refractivity contribution in [2.75, 3.05) is 0 Å². The van der Waals surface area contributed by atoms with Crippen molar-refractivity contribution in [2.45, 2.75) is 59.8 Å². The van der Waals surface area contributed by atoms with Crippen molar-refractivity contribution < 1.29 is 9.59 Å². The Bertz CT molecular complexity index is 952. The molecule has 4 aliphatic rings. The Balaban J connectivity index is 1.61. The standard InChI is InChI=1S/C27H32O2/c1-24(2)20-10-11-27-13-12-25(3,17-27)22(28)15-21(27)26(20,4)16-19(23(24)29)14-18-8-6-5-7-9-18/h5-9,12-14,20-21H,10-11,15-17H2,1-4H3/b19-14+/t20-,21+,25-,26-,27+/m1/s1. The molecular formula is C27H32O2. The lowest BCUT2D eigenvalue weighted by Crippen LogP contribution is -2.60. The molecule has 0 radical (unpaired) electrons. The van der Waals surface area contributed by atoms with Crippen LogP contribution in [0.5, 0.6) is 0 Å². The highest BCUT2D eigenvalue weighted by Gasteiger charge is 2.66. The first-order chi connectivity index (χ1) is 13.6. The fourth-order valence-electron chi connectivity index (χ4n) is 7.79. The summed E-state index contributed by atoms with van der Waals surface area (Å²) in [4.78, 5) is 26.6. The highest BCUT2D eigenvalue weighted by molar-refractivity contribution is 6.04. The predicted molar refractivity (Wildman–Crippen MR) is 116 cm³/mol. The van der Waals surface area contributed by atoms with Crippen LogP contribution in [0.4, 0.5) is 0 Å². The highest BCUT2D eigenvalue weighted by atomic mass is 16.1. The second-order valence-electron chi connectivity index (χ2n) is 11.2. The van der Waals surface area contributed by atoms with Gasteiger partial charge in [0.25, 0.3) is 0 Å². The minimum Gasteiger partial charge on any atom is -0.299 e. The van der Waals surface area contributed by atoms with Crippen LogP contribution in [0.3, 0.4) is 0 Å². The Morgan fingerprint density at radius 2 is 1.69 bits per heavy atom. The van der Waals surface area contributed by atoms with Crippen LogP contribution in [0, 0.1) is 33.5 Å². The van der Waals surface area contributed by atoms with Crippen molar-refractivity contribution in [3.05, 3.63) is 53.6 Å². The van der Waals surface area contributed by atoms with E-state index in [9.17, 15) is 9.59 Å². The van der Waals surface area contributed by atoms with Gasteiger partial charge in [-0.25, -0.2) is 0 Å². The lowest BCUT2D eigenvalue weighted by Gasteiger charge is -2.63. The van der Waals surface area contributed by atoms with E-state index in [1.807, 2.05) is 18.2 Å². The summed E-state index contributed by atoms with van der Waals surface area (Å²) in [5, 5.41) is 0. The first kappa shape index (κ1) is 19.0. The number of carbonyl (C=O) groups excluding carboxylic acids is 2. The van der Waals surface area contributed by atoms with E-state index in [-0.39, 0.29) is 21.7 Å². The molecule has 4 aliphatic carbocycles. The molecule has 0 saturated heterocycles. The Morgan fingerprint density at radius 3 is 2.41 bits per heavy atom. The minimum absolute atomic E-state index is 0.0258. The number of Topliss-reactive ketones (excluding diaryl/α,β-unsaturated/α-hetero) is 2. The zero-order chi connectivity index (χ0) is 20.7. The number of rotatable bonds is 1. The van der Waals surface area contributed by atoms with Gasteiger partial charge in [0, 0.05) is 17.3 Å². The van der Waals surface area contributed by atoms with Crippen molar-refractivity contribution in [1.82, 2.24) is 0 Å². The van der Waals surface area contributed by atoms with Crippen LogP contribution < -0.4 is 0 Å². The monoisotopic (exact) mass is 388 g/mol. The summed E-state index contributed by atoms with van der Waals surface area (Å²) in [5.41, 5.74) is 1.50. The molecule has 5 atom stereocenters. The van der Waals surface area contributed by atoms with Gasteiger partial charge in [0.1, 0.15) is 5.78 Å². The van der Waals surface area contributed by atoms with Gasteiger partial charge in [0.15, 0.2) is 5.78 Å². The molecule has 152 valence electrons. The molecule has 29 heavy (non-hydrogen) atoms. The summed E-state index contributed by atoms with van der Waals surface area (Å²) < 4.78 is 0. The van der Waals surface area contributed by atoms with Crippen molar-refractivity contribution >= 4 is 17.6 Å². The topological polar surface area (TPSA) is 34.1 Å². The molecule has 2 nitrogen and oxygen atoms in total. The van der Waals surface area contributed by atoms with Gasteiger partial charge in [-0.1, -0.05) is 63.3 Å². The summed E-state index contributed by atoms with van der Waals surface area (Å²) in [7, 11) is 0. The second-order valence-corrected chi connectivity index (χ2v) is 11.2. The molecule has 2 heteroatoms. The van der Waals surface area contributed by atoms with Gasteiger partial charge in [-0.15, -0.1) is 0 Å². The number of hydrogen-bond donors (Lipinski definition) is 0. The first-order valence-corrected chi connectivity index (χ1v) is 11.1. The van der Waals surface area contributed by atoms with Crippen molar-refractivity contribution in [3.63, 3.8) is 0 Å². The molecule has 5 rings (SSSR count). The van der Waals surface area contributed by atoms with Crippen LogP contribution in [0.1, 0.15) is 65.4 Å². The molecule has 1 aromatic rings. The number of carbonyl (C=O) groups is 2. The van der Waals surface area contributed by atoms with Crippen LogP contribution in [0.25, 0.3) is 6.08 Å². The van der Waals surface area contributed by atoms with Crippen LogP contribution in [-0.2, 0) is 9.59 Å². The number of ketones is 2. The largest absolute Gasteiger partial charge is 0.299 e. The lowest BCUT2D eigenvalue weighted by molar-refractivity contribution is -0.160. The first-order valence-electron chi connectivity index (χ1n) is 11.1. The van der Waals surface area contributed by atoms with E-state index in [0.717, 1.165) is 36.8 Å². The highest BCUT2D eigenvalue weighted by Crippen LogP contribution is 2.71. The normalized spacial score (nSPS) is 43.9. The quantitative estimate of drug-likeness (QED) is 0.435. The van der Waals surface area contributed by atoms with E-state index in [1.165, 1.54) is 0 Å². The van der Waals surface area contributed by atoms with Gasteiger partial charge in [-0.2, -0.15) is 0 Å². The molecule has 0 aliphatic heterocycles. The summed E-state index contributed by atoms with van der Waals surface area (Å²) in [6.07, 6.45) is 11.3. The molecule has 0 amide bonds. The fraction of sp³-hybridized carbons (Fsp3) is 0.556. The summed E-state index contributed by atoms with van der Waals surface area (Å²) in [6, 6.07) is 10.2. The van der Waals surface area contributed by atoms with Gasteiger partial charge < -0.3 is 0 Å².